The van der Waals surface area contributed by atoms with Gasteiger partial charge >= 0.3 is 0 Å². The second kappa shape index (κ2) is 4.58. The number of hydrogen-bond donors (Lipinski definition) is 0. The molecule has 1 rings (SSSR count). The monoisotopic (exact) mass is 165 g/mol. The zero-order valence-corrected chi connectivity index (χ0v) is 7.04. The molecule has 0 radical (unpaired) electrons. The minimum atomic E-state index is 0.377. The van der Waals surface area contributed by atoms with E-state index in [4.69, 9.17) is 14.4 Å². The second-order valence-electron chi connectivity index (χ2n) is 2.47. The van der Waals surface area contributed by atoms with E-state index in [0.717, 1.165) is 25.2 Å². The van der Waals surface area contributed by atoms with E-state index in [1.807, 2.05) is 12.1 Å². The Morgan fingerprint density at radius 3 is 3.00 bits per heavy atom. The minimum absolute atomic E-state index is 0.377. The van der Waals surface area contributed by atoms with Gasteiger partial charge in [-0.2, -0.15) is 5.26 Å². The number of methoxy groups -OCH3 is 1. The summed E-state index contributed by atoms with van der Waals surface area (Å²) in [6.45, 7) is 0.725. The molecule has 1 aromatic heterocycles. The minimum Gasteiger partial charge on any atom is -0.451 e. The van der Waals surface area contributed by atoms with E-state index < -0.39 is 0 Å². The first-order valence-corrected chi connectivity index (χ1v) is 3.84. The molecule has 1 aromatic rings. The molecular formula is C9H11NO2. The molecule has 0 saturated carbocycles. The third kappa shape index (κ3) is 2.40. The van der Waals surface area contributed by atoms with Crippen LogP contribution in [0, 0.1) is 11.3 Å². The fraction of sp³-hybridized carbons (Fsp3) is 0.444. The van der Waals surface area contributed by atoms with Crippen LogP contribution in [0.2, 0.25) is 0 Å². The molecule has 0 aliphatic heterocycles. The lowest BCUT2D eigenvalue weighted by molar-refractivity contribution is 0.193. The SMILES string of the molecule is COCCCc1ccc(C#N)o1. The molecule has 0 bridgehead atoms. The molecule has 0 fully saturated rings. The summed E-state index contributed by atoms with van der Waals surface area (Å²) in [5, 5.41) is 8.45. The van der Waals surface area contributed by atoms with Crippen molar-refractivity contribution in [3.63, 3.8) is 0 Å². The fourth-order valence-corrected chi connectivity index (χ4v) is 0.963. The lowest BCUT2D eigenvalue weighted by atomic mass is 10.2. The molecule has 3 nitrogen and oxygen atoms in total. The summed E-state index contributed by atoms with van der Waals surface area (Å²) in [6, 6.07) is 5.45. The van der Waals surface area contributed by atoms with Crippen molar-refractivity contribution in [1.82, 2.24) is 0 Å². The van der Waals surface area contributed by atoms with E-state index in [2.05, 4.69) is 0 Å². The van der Waals surface area contributed by atoms with Crippen LogP contribution in [0.25, 0.3) is 0 Å². The van der Waals surface area contributed by atoms with Crippen LogP contribution in [0.3, 0.4) is 0 Å². The Hall–Kier alpha value is -1.27. The molecule has 3 heteroatoms. The molecule has 0 aliphatic carbocycles. The van der Waals surface area contributed by atoms with Gasteiger partial charge in [0, 0.05) is 20.1 Å². The second-order valence-corrected chi connectivity index (χ2v) is 2.47. The van der Waals surface area contributed by atoms with Crippen LogP contribution in [0.4, 0.5) is 0 Å². The standard InChI is InChI=1S/C9H11NO2/c1-11-6-2-3-8-4-5-9(7-10)12-8/h4-5H,2-3,6H2,1H3. The number of nitriles is 1. The first kappa shape index (κ1) is 8.82. The van der Waals surface area contributed by atoms with Crippen LogP contribution < -0.4 is 0 Å². The summed E-state index contributed by atoms with van der Waals surface area (Å²) >= 11 is 0. The summed E-state index contributed by atoms with van der Waals surface area (Å²) in [5.74, 6) is 1.23. The smallest absolute Gasteiger partial charge is 0.203 e. The topological polar surface area (TPSA) is 46.2 Å². The third-order valence-corrected chi connectivity index (χ3v) is 1.54. The molecule has 0 aliphatic rings. The Kier molecular flexibility index (Phi) is 3.36. The van der Waals surface area contributed by atoms with Gasteiger partial charge in [-0.25, -0.2) is 0 Å². The van der Waals surface area contributed by atoms with E-state index in [0.29, 0.717) is 5.76 Å². The highest BCUT2D eigenvalue weighted by atomic mass is 16.5. The van der Waals surface area contributed by atoms with Crippen molar-refractivity contribution in [2.45, 2.75) is 12.8 Å². The summed E-state index contributed by atoms with van der Waals surface area (Å²) in [5.41, 5.74) is 0. The first-order chi connectivity index (χ1) is 5.86. The van der Waals surface area contributed by atoms with Crippen LogP contribution in [0.15, 0.2) is 16.5 Å². The van der Waals surface area contributed by atoms with Gasteiger partial charge in [0.15, 0.2) is 0 Å². The Morgan fingerprint density at radius 2 is 2.42 bits per heavy atom. The van der Waals surface area contributed by atoms with Gasteiger partial charge in [-0.1, -0.05) is 0 Å². The fourth-order valence-electron chi connectivity index (χ4n) is 0.963. The van der Waals surface area contributed by atoms with Gasteiger partial charge in [-0.15, -0.1) is 0 Å². The molecule has 0 atom stereocenters. The van der Waals surface area contributed by atoms with Gasteiger partial charge in [0.2, 0.25) is 5.76 Å². The van der Waals surface area contributed by atoms with E-state index in [-0.39, 0.29) is 0 Å². The van der Waals surface area contributed by atoms with Crippen molar-refractivity contribution in [1.29, 1.82) is 5.26 Å². The highest BCUT2D eigenvalue weighted by molar-refractivity contribution is 5.18. The van der Waals surface area contributed by atoms with Gasteiger partial charge < -0.3 is 9.15 Å². The summed E-state index contributed by atoms with van der Waals surface area (Å²) in [7, 11) is 1.67. The highest BCUT2D eigenvalue weighted by Crippen LogP contribution is 2.08. The molecule has 1 heterocycles. The zero-order valence-electron chi connectivity index (χ0n) is 7.04. The van der Waals surface area contributed by atoms with Crippen molar-refractivity contribution < 1.29 is 9.15 Å². The van der Waals surface area contributed by atoms with Gasteiger partial charge in [0.1, 0.15) is 11.8 Å². The molecule has 0 N–H and O–H groups in total. The molecular weight excluding hydrogens is 154 g/mol. The highest BCUT2D eigenvalue weighted by Gasteiger charge is 1.99. The van der Waals surface area contributed by atoms with E-state index in [9.17, 15) is 0 Å². The molecule has 0 aromatic carbocycles. The van der Waals surface area contributed by atoms with Crippen molar-refractivity contribution >= 4 is 0 Å². The summed E-state index contributed by atoms with van der Waals surface area (Å²) < 4.78 is 10.1. The average Bonchev–Trinajstić information content (AvgIpc) is 2.53. The Labute approximate surface area is 71.6 Å². The van der Waals surface area contributed by atoms with Gasteiger partial charge in [0.05, 0.1) is 0 Å². The third-order valence-electron chi connectivity index (χ3n) is 1.54. The normalized spacial score (nSPS) is 9.67. The van der Waals surface area contributed by atoms with E-state index >= 15 is 0 Å². The molecule has 0 saturated heterocycles. The van der Waals surface area contributed by atoms with Crippen LogP contribution in [0.1, 0.15) is 17.9 Å². The van der Waals surface area contributed by atoms with Crippen molar-refractivity contribution in [3.05, 3.63) is 23.7 Å². The number of rotatable bonds is 4. The molecule has 64 valence electrons. The number of hydrogen-bond acceptors (Lipinski definition) is 3. The van der Waals surface area contributed by atoms with Gasteiger partial charge in [-0.3, -0.25) is 0 Å². The Bertz CT molecular complexity index is 272. The van der Waals surface area contributed by atoms with Crippen LogP contribution in [-0.4, -0.2) is 13.7 Å². The molecule has 12 heavy (non-hydrogen) atoms. The van der Waals surface area contributed by atoms with Crippen molar-refractivity contribution in [3.8, 4) is 6.07 Å². The van der Waals surface area contributed by atoms with Crippen LogP contribution >= 0.6 is 0 Å². The van der Waals surface area contributed by atoms with Gasteiger partial charge in [-0.05, 0) is 18.6 Å². The largest absolute Gasteiger partial charge is 0.451 e. The summed E-state index contributed by atoms with van der Waals surface area (Å²) in [4.78, 5) is 0. The average molecular weight is 165 g/mol. The zero-order chi connectivity index (χ0) is 8.81. The maximum atomic E-state index is 8.45. The predicted octanol–water partition coefficient (Wildman–Crippen LogP) is 1.73. The van der Waals surface area contributed by atoms with Crippen molar-refractivity contribution in [2.75, 3.05) is 13.7 Å². The lowest BCUT2D eigenvalue weighted by Crippen LogP contribution is -1.90. The maximum absolute atomic E-state index is 8.45. The van der Waals surface area contributed by atoms with E-state index in [1.54, 1.807) is 13.2 Å². The Morgan fingerprint density at radius 1 is 1.58 bits per heavy atom. The molecule has 0 amide bonds. The number of nitrogens with zero attached hydrogens (tertiary/aromatic N) is 1. The quantitative estimate of drug-likeness (QED) is 0.638. The maximum Gasteiger partial charge on any atom is 0.203 e. The lowest BCUT2D eigenvalue weighted by Gasteiger charge is -1.94. The molecule has 0 spiro atoms. The van der Waals surface area contributed by atoms with Gasteiger partial charge in [0.25, 0.3) is 0 Å². The molecule has 0 unspecified atom stereocenters. The number of furan rings is 1. The number of aryl methyl sites for hydroxylation is 1. The van der Waals surface area contributed by atoms with E-state index in [1.165, 1.54) is 0 Å². The first-order valence-electron chi connectivity index (χ1n) is 3.84. The number of ether oxygens (including phenoxy) is 1. The summed E-state index contributed by atoms with van der Waals surface area (Å²) in [6.07, 6.45) is 1.75. The van der Waals surface area contributed by atoms with Crippen LogP contribution in [0.5, 0.6) is 0 Å². The predicted molar refractivity (Wildman–Crippen MR) is 43.6 cm³/mol. The Balaban J connectivity index is 2.38. The van der Waals surface area contributed by atoms with Crippen LogP contribution in [-0.2, 0) is 11.2 Å². The van der Waals surface area contributed by atoms with Crippen molar-refractivity contribution in [2.24, 2.45) is 0 Å².